The summed E-state index contributed by atoms with van der Waals surface area (Å²) in [5.74, 6) is -0.0690. The molecule has 0 unspecified atom stereocenters. The fourth-order valence-corrected chi connectivity index (χ4v) is 3.12. The molecule has 1 amide bonds. The Balaban J connectivity index is 1.96. The molecule has 1 atom stereocenters. The van der Waals surface area contributed by atoms with Crippen LogP contribution in [0.15, 0.2) is 58.1 Å². The Labute approximate surface area is 154 Å². The Bertz CT molecular complexity index is 846. The molecule has 0 spiro atoms. The van der Waals surface area contributed by atoms with Crippen LogP contribution in [0.1, 0.15) is 37.4 Å². The molecule has 0 radical (unpaired) electrons. The Morgan fingerprint density at radius 3 is 2.44 bits per heavy atom. The maximum absolute atomic E-state index is 12.1. The smallest absolute Gasteiger partial charge is 0.308 e. The van der Waals surface area contributed by atoms with E-state index in [1.54, 1.807) is 12.1 Å². The quantitative estimate of drug-likeness (QED) is 0.576. The highest BCUT2D eigenvalue weighted by molar-refractivity contribution is 9.10. The maximum Gasteiger partial charge on any atom is 0.308 e. The number of nitrogens with zero attached hydrogens (tertiary/aromatic N) is 2. The summed E-state index contributed by atoms with van der Waals surface area (Å²) in [6, 6.07) is 14.9. The van der Waals surface area contributed by atoms with Gasteiger partial charge in [0.05, 0.1) is 11.8 Å². The third-order valence-corrected chi connectivity index (χ3v) is 4.47. The lowest BCUT2D eigenvalue weighted by Crippen LogP contribution is -2.24. The average Bonchev–Trinajstić information content (AvgIpc) is 3.01. The molecule has 6 heteroatoms. The summed E-state index contributed by atoms with van der Waals surface area (Å²) in [6.07, 6.45) is 0.555. The van der Waals surface area contributed by atoms with Gasteiger partial charge in [-0.1, -0.05) is 40.2 Å². The van der Waals surface area contributed by atoms with E-state index in [0.717, 1.165) is 21.3 Å². The second-order valence-corrected chi connectivity index (χ2v) is 6.69. The predicted molar refractivity (Wildman–Crippen MR) is 98.3 cm³/mol. The topological polar surface area (TPSA) is 59.0 Å². The molecular formula is C19H17BrN2O3. The van der Waals surface area contributed by atoms with E-state index in [0.29, 0.717) is 12.2 Å². The van der Waals surface area contributed by atoms with Crippen LogP contribution in [0.3, 0.4) is 0 Å². The first-order valence-corrected chi connectivity index (χ1v) is 8.65. The van der Waals surface area contributed by atoms with Crippen LogP contribution >= 0.6 is 15.9 Å². The van der Waals surface area contributed by atoms with Crippen LogP contribution in [0.2, 0.25) is 0 Å². The summed E-state index contributed by atoms with van der Waals surface area (Å²) < 4.78 is 6.26. The summed E-state index contributed by atoms with van der Waals surface area (Å²) in [5, 5.41) is 5.99. The van der Waals surface area contributed by atoms with Gasteiger partial charge in [-0.05, 0) is 29.8 Å². The third kappa shape index (κ3) is 3.79. The zero-order chi connectivity index (χ0) is 18.0. The monoisotopic (exact) mass is 400 g/mol. The molecule has 0 bridgehead atoms. The molecule has 0 aliphatic carbocycles. The Morgan fingerprint density at radius 1 is 1.12 bits per heavy atom. The number of rotatable bonds is 3. The highest BCUT2D eigenvalue weighted by atomic mass is 79.9. The SMILES string of the molecule is CC(=O)Oc1ccccc1C1=NN(C(C)=O)[C@H](c2ccc(Br)cc2)C1. The Morgan fingerprint density at radius 2 is 1.80 bits per heavy atom. The van der Waals surface area contributed by atoms with Gasteiger partial charge in [-0.2, -0.15) is 5.10 Å². The highest BCUT2D eigenvalue weighted by Crippen LogP contribution is 2.35. The van der Waals surface area contributed by atoms with Crippen molar-refractivity contribution in [2.75, 3.05) is 0 Å². The number of esters is 1. The number of para-hydroxylation sites is 1. The summed E-state index contributed by atoms with van der Waals surface area (Å²) >= 11 is 3.42. The first-order valence-electron chi connectivity index (χ1n) is 7.86. The zero-order valence-corrected chi connectivity index (χ0v) is 15.5. The number of benzene rings is 2. The molecular weight excluding hydrogens is 384 g/mol. The van der Waals surface area contributed by atoms with Gasteiger partial charge in [0.2, 0.25) is 5.91 Å². The molecule has 1 aliphatic rings. The van der Waals surface area contributed by atoms with E-state index in [1.807, 2.05) is 36.4 Å². The zero-order valence-electron chi connectivity index (χ0n) is 13.9. The van der Waals surface area contributed by atoms with E-state index >= 15 is 0 Å². The lowest BCUT2D eigenvalue weighted by Gasteiger charge is -2.20. The van der Waals surface area contributed by atoms with Crippen molar-refractivity contribution in [1.29, 1.82) is 0 Å². The number of hydrogen-bond donors (Lipinski definition) is 0. The van der Waals surface area contributed by atoms with E-state index in [2.05, 4.69) is 21.0 Å². The maximum atomic E-state index is 12.1. The third-order valence-electron chi connectivity index (χ3n) is 3.94. The van der Waals surface area contributed by atoms with Crippen LogP contribution < -0.4 is 4.74 Å². The largest absolute Gasteiger partial charge is 0.426 e. The lowest BCUT2D eigenvalue weighted by atomic mass is 9.98. The van der Waals surface area contributed by atoms with E-state index in [9.17, 15) is 9.59 Å². The van der Waals surface area contributed by atoms with Gasteiger partial charge >= 0.3 is 5.97 Å². The molecule has 0 aromatic heterocycles. The first-order chi connectivity index (χ1) is 12.0. The van der Waals surface area contributed by atoms with Crippen molar-refractivity contribution in [3.8, 4) is 5.75 Å². The molecule has 2 aromatic carbocycles. The van der Waals surface area contributed by atoms with Crippen molar-refractivity contribution in [3.05, 3.63) is 64.1 Å². The molecule has 0 fully saturated rings. The van der Waals surface area contributed by atoms with E-state index in [4.69, 9.17) is 4.74 Å². The minimum absolute atomic E-state index is 0.132. The number of ether oxygens (including phenoxy) is 1. The van der Waals surface area contributed by atoms with Gasteiger partial charge in [0.15, 0.2) is 0 Å². The number of carbonyl (C=O) groups excluding carboxylic acids is 2. The van der Waals surface area contributed by atoms with Crippen molar-refractivity contribution in [1.82, 2.24) is 5.01 Å². The average molecular weight is 401 g/mol. The van der Waals surface area contributed by atoms with Crippen molar-refractivity contribution >= 4 is 33.5 Å². The fourth-order valence-electron chi connectivity index (χ4n) is 2.86. The van der Waals surface area contributed by atoms with Crippen molar-refractivity contribution in [3.63, 3.8) is 0 Å². The number of hydrogen-bond acceptors (Lipinski definition) is 4. The molecule has 2 aromatic rings. The van der Waals surface area contributed by atoms with Gasteiger partial charge in [-0.15, -0.1) is 0 Å². The van der Waals surface area contributed by atoms with Gasteiger partial charge in [0, 0.05) is 30.3 Å². The van der Waals surface area contributed by atoms with Crippen molar-refractivity contribution < 1.29 is 14.3 Å². The number of amides is 1. The molecule has 5 nitrogen and oxygen atoms in total. The molecule has 0 N–H and O–H groups in total. The van der Waals surface area contributed by atoms with Crippen LogP contribution in [0.5, 0.6) is 5.75 Å². The van der Waals surface area contributed by atoms with Crippen molar-refractivity contribution in [2.45, 2.75) is 26.3 Å². The highest BCUT2D eigenvalue weighted by Gasteiger charge is 2.32. The summed E-state index contributed by atoms with van der Waals surface area (Å²) in [5.41, 5.74) is 2.45. The van der Waals surface area contributed by atoms with Gasteiger partial charge in [0.1, 0.15) is 5.75 Å². The van der Waals surface area contributed by atoms with Crippen LogP contribution in [-0.2, 0) is 9.59 Å². The molecule has 0 saturated heterocycles. The van der Waals surface area contributed by atoms with Gasteiger partial charge in [0.25, 0.3) is 0 Å². The van der Waals surface area contributed by atoms with E-state index < -0.39 is 0 Å². The van der Waals surface area contributed by atoms with Gasteiger partial charge in [-0.3, -0.25) is 9.59 Å². The minimum Gasteiger partial charge on any atom is -0.426 e. The molecule has 128 valence electrons. The normalized spacial score (nSPS) is 16.5. The Hall–Kier alpha value is -2.47. The predicted octanol–water partition coefficient (Wildman–Crippen LogP) is 4.07. The fraction of sp³-hybridized carbons (Fsp3) is 0.211. The first kappa shape index (κ1) is 17.4. The summed E-state index contributed by atoms with van der Waals surface area (Å²) in [6.45, 7) is 2.86. The second-order valence-electron chi connectivity index (χ2n) is 5.77. The standard InChI is InChI=1S/C19H17BrN2O3/c1-12(23)22-18(14-7-9-15(20)10-8-14)11-17(21-22)16-5-3-4-6-19(16)25-13(2)24/h3-10,18H,11H2,1-2H3/t18-/m0/s1. The lowest BCUT2D eigenvalue weighted by molar-refractivity contribution is -0.132. The Kier molecular flexibility index (Phi) is 4.99. The number of hydrazone groups is 1. The molecule has 1 aliphatic heterocycles. The van der Waals surface area contributed by atoms with Gasteiger partial charge < -0.3 is 4.74 Å². The summed E-state index contributed by atoms with van der Waals surface area (Å²) in [4.78, 5) is 23.4. The van der Waals surface area contributed by atoms with Crippen LogP contribution in [-0.4, -0.2) is 22.6 Å². The van der Waals surface area contributed by atoms with Crippen LogP contribution in [0.25, 0.3) is 0 Å². The van der Waals surface area contributed by atoms with Crippen LogP contribution in [0.4, 0.5) is 0 Å². The molecule has 3 rings (SSSR count). The molecule has 25 heavy (non-hydrogen) atoms. The molecule has 1 heterocycles. The van der Waals surface area contributed by atoms with E-state index in [1.165, 1.54) is 18.9 Å². The number of carbonyl (C=O) groups is 2. The molecule has 0 saturated carbocycles. The summed E-state index contributed by atoms with van der Waals surface area (Å²) in [7, 11) is 0. The minimum atomic E-state index is -0.390. The van der Waals surface area contributed by atoms with Crippen molar-refractivity contribution in [2.24, 2.45) is 5.10 Å². The van der Waals surface area contributed by atoms with E-state index in [-0.39, 0.29) is 17.9 Å². The van der Waals surface area contributed by atoms with Crippen LogP contribution in [0, 0.1) is 0 Å². The second kappa shape index (κ2) is 7.19. The van der Waals surface area contributed by atoms with Gasteiger partial charge in [-0.25, -0.2) is 5.01 Å². The number of halogens is 1.